The van der Waals surface area contributed by atoms with Crippen molar-refractivity contribution in [3.63, 3.8) is 0 Å². The van der Waals surface area contributed by atoms with Crippen molar-refractivity contribution >= 4 is 35.2 Å². The molecular formula is C37H39NO9S. The van der Waals surface area contributed by atoms with Crippen LogP contribution in [0.4, 0.5) is 0 Å². The van der Waals surface area contributed by atoms with Crippen LogP contribution in [-0.2, 0) is 30.0 Å². The lowest BCUT2D eigenvalue weighted by Gasteiger charge is -2.28. The number of aliphatic carboxylic acids is 2. The third kappa shape index (κ3) is 9.07. The van der Waals surface area contributed by atoms with Crippen LogP contribution < -0.4 is 9.47 Å². The Morgan fingerprint density at radius 3 is 1.46 bits per heavy atom. The molecule has 4 aromatic rings. The van der Waals surface area contributed by atoms with E-state index in [1.165, 1.54) is 11.3 Å². The van der Waals surface area contributed by atoms with Crippen LogP contribution in [0.2, 0.25) is 0 Å². The molecule has 0 fully saturated rings. The fraction of sp³-hybridized carbons (Fsp3) is 0.324. The first-order valence-corrected chi connectivity index (χ1v) is 16.2. The molecule has 0 unspecified atom stereocenters. The Balaban J connectivity index is 1.78. The van der Waals surface area contributed by atoms with Crippen molar-refractivity contribution in [1.82, 2.24) is 4.98 Å². The smallest absolute Gasteiger partial charge is 0.311 e. The van der Waals surface area contributed by atoms with Crippen molar-refractivity contribution in [2.24, 2.45) is 0 Å². The highest BCUT2D eigenvalue weighted by molar-refractivity contribution is 7.19. The number of aromatic nitrogens is 1. The van der Waals surface area contributed by atoms with Crippen molar-refractivity contribution in [1.29, 1.82) is 0 Å². The highest BCUT2D eigenvalue weighted by Gasteiger charge is 2.28. The average molecular weight is 674 g/mol. The predicted octanol–water partition coefficient (Wildman–Crippen LogP) is 7.99. The van der Waals surface area contributed by atoms with Crippen LogP contribution in [0.15, 0.2) is 60.7 Å². The molecule has 0 radical (unpaired) electrons. The second-order valence-corrected chi connectivity index (χ2v) is 14.4. The average Bonchev–Trinajstić information content (AvgIpc) is 3.44. The summed E-state index contributed by atoms with van der Waals surface area (Å²) in [5.74, 6) is -2.67. The van der Waals surface area contributed by atoms with Crippen LogP contribution in [0.5, 0.6) is 17.2 Å². The summed E-state index contributed by atoms with van der Waals surface area (Å²) in [7, 11) is 0. The largest absolute Gasteiger partial charge is 0.507 e. The van der Waals surface area contributed by atoms with Gasteiger partial charge in [-0.15, -0.1) is 11.3 Å². The van der Waals surface area contributed by atoms with E-state index in [-0.39, 0.29) is 53.8 Å². The van der Waals surface area contributed by atoms with Gasteiger partial charge >= 0.3 is 23.9 Å². The number of hydrogen-bond acceptors (Lipinski definition) is 9. The molecule has 0 amide bonds. The van der Waals surface area contributed by atoms with Gasteiger partial charge in [0.2, 0.25) is 0 Å². The van der Waals surface area contributed by atoms with Gasteiger partial charge in [-0.1, -0.05) is 41.5 Å². The molecule has 10 nitrogen and oxygen atoms in total. The van der Waals surface area contributed by atoms with Crippen molar-refractivity contribution in [3.8, 4) is 49.5 Å². The van der Waals surface area contributed by atoms with Gasteiger partial charge in [0.05, 0.1) is 36.3 Å². The molecule has 4 rings (SSSR count). The maximum Gasteiger partial charge on any atom is 0.311 e. The molecule has 0 aliphatic carbocycles. The van der Waals surface area contributed by atoms with Gasteiger partial charge in [-0.05, 0) is 77.1 Å². The third-order valence-electron chi connectivity index (χ3n) is 7.39. The number of benzene rings is 3. The van der Waals surface area contributed by atoms with Crippen LogP contribution in [-0.4, -0.2) is 44.2 Å². The Morgan fingerprint density at radius 2 is 1.06 bits per heavy atom. The number of esters is 2. The number of rotatable bonds is 11. The number of hydrogen-bond donors (Lipinski definition) is 3. The molecule has 0 spiro atoms. The molecule has 3 N–H and O–H groups in total. The maximum atomic E-state index is 12.1. The van der Waals surface area contributed by atoms with E-state index in [1.54, 1.807) is 48.5 Å². The number of aromatic hydroxyl groups is 1. The molecule has 0 bridgehead atoms. The summed E-state index contributed by atoms with van der Waals surface area (Å²) in [4.78, 5) is 51.7. The third-order valence-corrected chi connectivity index (χ3v) is 8.55. The van der Waals surface area contributed by atoms with E-state index >= 15 is 0 Å². The van der Waals surface area contributed by atoms with Crippen LogP contribution in [0.25, 0.3) is 32.3 Å². The normalized spacial score (nSPS) is 11.6. The van der Waals surface area contributed by atoms with Crippen molar-refractivity contribution in [2.75, 3.05) is 0 Å². The van der Waals surface area contributed by atoms with E-state index in [0.717, 1.165) is 32.7 Å². The lowest BCUT2D eigenvalue weighted by Crippen LogP contribution is -2.17. The zero-order valence-corrected chi connectivity index (χ0v) is 28.6. The molecule has 0 atom stereocenters. The first-order valence-electron chi connectivity index (χ1n) is 15.4. The fourth-order valence-electron chi connectivity index (χ4n) is 4.87. The van der Waals surface area contributed by atoms with Gasteiger partial charge in [-0.25, -0.2) is 4.98 Å². The summed E-state index contributed by atoms with van der Waals surface area (Å²) in [6.07, 6.45) is -1.14. The summed E-state index contributed by atoms with van der Waals surface area (Å²) in [5, 5.41) is 29.7. The topological polar surface area (TPSA) is 160 Å². The van der Waals surface area contributed by atoms with Crippen molar-refractivity contribution < 1.29 is 44.0 Å². The van der Waals surface area contributed by atoms with Crippen molar-refractivity contribution in [2.45, 2.75) is 78.1 Å². The molecule has 11 heteroatoms. The number of carboxylic acid groups (broad SMARTS) is 2. The lowest BCUT2D eigenvalue weighted by atomic mass is 9.78. The molecule has 252 valence electrons. The molecule has 48 heavy (non-hydrogen) atoms. The lowest BCUT2D eigenvalue weighted by molar-refractivity contribution is -0.142. The molecule has 1 aromatic heterocycles. The minimum Gasteiger partial charge on any atom is -0.507 e. The highest BCUT2D eigenvalue weighted by Crippen LogP contribution is 2.46. The Labute approximate surface area is 283 Å². The van der Waals surface area contributed by atoms with Crippen LogP contribution in [0.1, 0.15) is 78.4 Å². The molecule has 3 aromatic carbocycles. The van der Waals surface area contributed by atoms with Gasteiger partial charge in [0.25, 0.3) is 0 Å². The van der Waals surface area contributed by atoms with Crippen LogP contribution in [0.3, 0.4) is 0 Å². The van der Waals surface area contributed by atoms with E-state index in [0.29, 0.717) is 10.7 Å². The van der Waals surface area contributed by atoms with E-state index in [9.17, 15) is 24.3 Å². The Bertz CT molecular complexity index is 1700. The molecular weight excluding hydrogens is 634 g/mol. The van der Waals surface area contributed by atoms with Gasteiger partial charge in [-0.3, -0.25) is 19.2 Å². The quantitative estimate of drug-likeness (QED) is 0.105. The monoisotopic (exact) mass is 673 g/mol. The molecule has 0 saturated carbocycles. The number of carbonyl (C=O) groups excluding carboxylic acids is 2. The maximum absolute atomic E-state index is 12.1. The minimum absolute atomic E-state index is 0.246. The Hall–Kier alpha value is -5.03. The SMILES string of the molecule is CC(C)(C)c1cc(-c2nc(-c3ccc(OC(=O)CCC(=O)O)cc3)c(-c3ccc(OC(=O)CCC(=O)O)cc3)s2)cc(C(C)(C)C)c1O. The summed E-state index contributed by atoms with van der Waals surface area (Å²) >= 11 is 1.45. The van der Waals surface area contributed by atoms with E-state index < -0.39 is 23.9 Å². The van der Waals surface area contributed by atoms with Crippen LogP contribution in [0, 0.1) is 0 Å². The first kappa shape index (κ1) is 35.8. The number of nitrogens with zero attached hydrogens (tertiary/aromatic N) is 1. The summed E-state index contributed by atoms with van der Waals surface area (Å²) in [5.41, 5.74) is 3.90. The summed E-state index contributed by atoms with van der Waals surface area (Å²) < 4.78 is 10.6. The second-order valence-electron chi connectivity index (χ2n) is 13.4. The van der Waals surface area contributed by atoms with Gasteiger partial charge in [-0.2, -0.15) is 0 Å². The number of ether oxygens (including phenoxy) is 2. The number of phenolic OH excluding ortho intramolecular Hbond substituents is 1. The molecule has 0 saturated heterocycles. The number of thiazole rings is 1. The second kappa shape index (κ2) is 14.4. The molecule has 1 heterocycles. The highest BCUT2D eigenvalue weighted by atomic mass is 32.1. The molecule has 0 aliphatic rings. The van der Waals surface area contributed by atoms with Crippen molar-refractivity contribution in [3.05, 3.63) is 71.8 Å². The molecule has 0 aliphatic heterocycles. The van der Waals surface area contributed by atoms with E-state index in [4.69, 9.17) is 24.7 Å². The zero-order valence-electron chi connectivity index (χ0n) is 27.7. The summed E-state index contributed by atoms with van der Waals surface area (Å²) in [6, 6.07) is 17.5. The van der Waals surface area contributed by atoms with Gasteiger partial charge < -0.3 is 24.8 Å². The number of phenols is 1. The predicted molar refractivity (Wildman–Crippen MR) is 182 cm³/mol. The standard InChI is InChI=1S/C37H39NO9S/c1-36(2,3)26-19-23(20-27(33(26)45)37(4,5)6)35-38-32(21-7-11-24(12-8-21)46-30(43)17-15-28(39)40)34(48-35)22-9-13-25(14-10-22)47-31(44)18-16-29(41)42/h7-14,19-20,45H,15-18H2,1-6H3,(H,39,40)(H,41,42). The Morgan fingerprint density at radius 1 is 0.646 bits per heavy atom. The fourth-order valence-corrected chi connectivity index (χ4v) is 5.95. The van der Waals surface area contributed by atoms with E-state index in [2.05, 4.69) is 0 Å². The first-order chi connectivity index (χ1) is 22.4. The Kier molecular flexibility index (Phi) is 10.7. The number of carbonyl (C=O) groups is 4. The van der Waals surface area contributed by atoms with Gasteiger partial charge in [0.1, 0.15) is 22.3 Å². The summed E-state index contributed by atoms with van der Waals surface area (Å²) in [6.45, 7) is 12.3. The zero-order chi connectivity index (χ0) is 35.4. The van der Waals surface area contributed by atoms with Gasteiger partial charge in [0.15, 0.2) is 0 Å². The van der Waals surface area contributed by atoms with Gasteiger partial charge in [0, 0.05) is 22.3 Å². The number of carboxylic acids is 2. The van der Waals surface area contributed by atoms with E-state index in [1.807, 2.05) is 53.7 Å². The minimum atomic E-state index is -1.09. The van der Waals surface area contributed by atoms with Crippen LogP contribution >= 0.6 is 11.3 Å².